The Morgan fingerprint density at radius 1 is 1.08 bits per heavy atom. The Morgan fingerprint density at radius 2 is 1.85 bits per heavy atom. The van der Waals surface area contributed by atoms with Crippen LogP contribution in [-0.2, 0) is 0 Å². The van der Waals surface area contributed by atoms with Gasteiger partial charge in [-0.2, -0.15) is 0 Å². The Kier molecular flexibility index (Phi) is 6.42. The number of hydrogen-bond donors (Lipinski definition) is 0. The number of unbranched alkanes of at least 4 members (excludes halogenated alkanes) is 2. The molecule has 2 radical (unpaired) electrons. The number of rotatable bonds is 6. The summed E-state index contributed by atoms with van der Waals surface area (Å²) in [5.74, 6) is 0. The maximum atomic E-state index is 2.26. The summed E-state index contributed by atoms with van der Waals surface area (Å²) < 4.78 is 0. The van der Waals surface area contributed by atoms with Crippen LogP contribution in [0.1, 0.15) is 26.2 Å². The van der Waals surface area contributed by atoms with E-state index in [1.807, 2.05) is 0 Å². The molecule has 13 heavy (non-hydrogen) atoms. The van der Waals surface area contributed by atoms with Crippen LogP contribution in [0.4, 0.5) is 0 Å². The maximum absolute atomic E-state index is 2.26. The van der Waals surface area contributed by atoms with Gasteiger partial charge in [0.2, 0.25) is 0 Å². The van der Waals surface area contributed by atoms with Crippen molar-refractivity contribution < 1.29 is 0 Å². The van der Waals surface area contributed by atoms with Crippen LogP contribution in [0, 0.1) is 0 Å². The summed E-state index contributed by atoms with van der Waals surface area (Å²) in [5, 5.41) is 1.45. The highest BCUT2D eigenvalue weighted by atomic mass is 32.0. The topological polar surface area (TPSA) is 0 Å². The lowest BCUT2D eigenvalue weighted by atomic mass is 10.3. The molecule has 0 fully saturated rings. The minimum Gasteiger partial charge on any atom is -0.0654 e. The summed E-state index contributed by atoms with van der Waals surface area (Å²) in [4.78, 5) is 0. The second-order valence-electron chi connectivity index (χ2n) is 3.01. The van der Waals surface area contributed by atoms with E-state index in [9.17, 15) is 0 Å². The Balaban J connectivity index is 2.07. The molecule has 0 aromatic heterocycles. The van der Waals surface area contributed by atoms with Crippen LogP contribution in [0.15, 0.2) is 30.3 Å². The normalized spacial score (nSPS) is 12.1. The first kappa shape index (κ1) is 11.2. The van der Waals surface area contributed by atoms with E-state index in [1.54, 1.807) is 8.27 Å². The highest BCUT2D eigenvalue weighted by Gasteiger charge is 1.93. The van der Waals surface area contributed by atoms with E-state index in [4.69, 9.17) is 0 Å². The van der Waals surface area contributed by atoms with Gasteiger partial charge in [0.15, 0.2) is 0 Å². The third kappa shape index (κ3) is 5.40. The highest BCUT2D eigenvalue weighted by Crippen LogP contribution is 2.36. The monoisotopic (exact) mass is 210 g/mol. The number of hydrogen-bond acceptors (Lipinski definition) is 0. The SMILES string of the molecule is CCCCC[P][P]c1ccccc1. The van der Waals surface area contributed by atoms with Gasteiger partial charge >= 0.3 is 0 Å². The summed E-state index contributed by atoms with van der Waals surface area (Å²) >= 11 is 0. The first-order chi connectivity index (χ1) is 6.43. The van der Waals surface area contributed by atoms with Crippen LogP contribution in [0.5, 0.6) is 0 Å². The average Bonchev–Trinajstić information content (AvgIpc) is 2.19. The second-order valence-corrected chi connectivity index (χ2v) is 5.90. The Morgan fingerprint density at radius 3 is 2.54 bits per heavy atom. The summed E-state index contributed by atoms with van der Waals surface area (Å²) in [5.41, 5.74) is 0. The first-order valence-corrected chi connectivity index (χ1v) is 7.54. The molecule has 1 rings (SSSR count). The Labute approximate surface area is 85.0 Å². The van der Waals surface area contributed by atoms with Crippen LogP contribution >= 0.6 is 16.5 Å². The molecule has 0 saturated carbocycles. The van der Waals surface area contributed by atoms with Crippen LogP contribution in [-0.4, -0.2) is 6.16 Å². The highest BCUT2D eigenvalue weighted by molar-refractivity contribution is 8.15. The van der Waals surface area contributed by atoms with Gasteiger partial charge in [-0.1, -0.05) is 50.1 Å². The van der Waals surface area contributed by atoms with Crippen molar-refractivity contribution in [2.75, 3.05) is 6.16 Å². The minimum atomic E-state index is 1.33. The molecule has 1 aromatic rings. The third-order valence-electron chi connectivity index (χ3n) is 1.80. The second kappa shape index (κ2) is 7.48. The fraction of sp³-hybridized carbons (Fsp3) is 0.455. The molecule has 2 heteroatoms. The molecule has 0 amide bonds. The van der Waals surface area contributed by atoms with Crippen molar-refractivity contribution in [3.8, 4) is 0 Å². The zero-order valence-electron chi connectivity index (χ0n) is 8.11. The van der Waals surface area contributed by atoms with Gasteiger partial charge in [0, 0.05) is 0 Å². The molecule has 0 atom stereocenters. The van der Waals surface area contributed by atoms with Crippen molar-refractivity contribution in [1.82, 2.24) is 0 Å². The van der Waals surface area contributed by atoms with E-state index in [1.165, 1.54) is 39.0 Å². The van der Waals surface area contributed by atoms with Crippen LogP contribution in [0.2, 0.25) is 0 Å². The van der Waals surface area contributed by atoms with Crippen LogP contribution in [0.3, 0.4) is 0 Å². The van der Waals surface area contributed by atoms with E-state index in [0.717, 1.165) is 0 Å². The van der Waals surface area contributed by atoms with Gasteiger partial charge in [0.05, 0.1) is 0 Å². The lowest BCUT2D eigenvalue weighted by Crippen LogP contribution is -1.87. The van der Waals surface area contributed by atoms with Crippen molar-refractivity contribution in [3.63, 3.8) is 0 Å². The molecule has 1 aromatic carbocycles. The quantitative estimate of drug-likeness (QED) is 0.484. The van der Waals surface area contributed by atoms with E-state index in [2.05, 4.69) is 37.3 Å². The smallest absolute Gasteiger partial charge is 0.0109 e. The Bertz CT molecular complexity index is 209. The molecule has 0 unspecified atom stereocenters. The van der Waals surface area contributed by atoms with Gasteiger partial charge in [0.25, 0.3) is 0 Å². The average molecular weight is 210 g/mol. The molecule has 0 nitrogen and oxygen atoms in total. The summed E-state index contributed by atoms with van der Waals surface area (Å²) in [6.45, 7) is 2.26. The molecule has 0 heterocycles. The summed E-state index contributed by atoms with van der Waals surface area (Å²) in [6.07, 6.45) is 5.46. The van der Waals surface area contributed by atoms with Gasteiger partial charge in [-0.05, 0) is 34.4 Å². The third-order valence-corrected chi connectivity index (χ3v) is 4.71. The Hall–Kier alpha value is 0.0800. The van der Waals surface area contributed by atoms with Gasteiger partial charge < -0.3 is 0 Å². The van der Waals surface area contributed by atoms with E-state index in [0.29, 0.717) is 0 Å². The molecular weight excluding hydrogens is 194 g/mol. The minimum absolute atomic E-state index is 1.33. The van der Waals surface area contributed by atoms with Crippen LogP contribution in [0.25, 0.3) is 0 Å². The zero-order chi connectivity index (χ0) is 9.36. The standard InChI is InChI=1S/C11H16P2/c1-2-3-7-10-12-13-11-8-5-4-6-9-11/h4-6,8-9H,2-3,7,10H2,1H3. The van der Waals surface area contributed by atoms with Crippen molar-refractivity contribution in [3.05, 3.63) is 30.3 Å². The summed E-state index contributed by atoms with van der Waals surface area (Å²) in [7, 11) is 3.02. The van der Waals surface area contributed by atoms with Crippen LogP contribution < -0.4 is 5.30 Å². The van der Waals surface area contributed by atoms with Crippen molar-refractivity contribution in [1.29, 1.82) is 0 Å². The van der Waals surface area contributed by atoms with Crippen molar-refractivity contribution in [2.24, 2.45) is 0 Å². The molecule has 0 aliphatic carbocycles. The zero-order valence-corrected chi connectivity index (χ0v) is 9.90. The largest absolute Gasteiger partial charge is 0.0654 e. The fourth-order valence-electron chi connectivity index (χ4n) is 1.06. The predicted octanol–water partition coefficient (Wildman–Crippen LogP) is 4.31. The first-order valence-electron chi connectivity index (χ1n) is 4.86. The molecule has 70 valence electrons. The van der Waals surface area contributed by atoms with E-state index >= 15 is 0 Å². The number of benzene rings is 1. The van der Waals surface area contributed by atoms with E-state index in [-0.39, 0.29) is 0 Å². The molecular formula is C11H16P2. The molecule has 0 spiro atoms. The maximum Gasteiger partial charge on any atom is -0.0109 e. The van der Waals surface area contributed by atoms with Gasteiger partial charge in [0.1, 0.15) is 0 Å². The molecule has 0 aliphatic rings. The fourth-order valence-corrected chi connectivity index (χ4v) is 3.61. The van der Waals surface area contributed by atoms with E-state index < -0.39 is 0 Å². The van der Waals surface area contributed by atoms with Gasteiger partial charge in [-0.25, -0.2) is 0 Å². The molecule has 0 bridgehead atoms. The molecule has 0 aliphatic heterocycles. The predicted molar refractivity (Wildman–Crippen MR) is 64.3 cm³/mol. The van der Waals surface area contributed by atoms with Gasteiger partial charge in [-0.3, -0.25) is 0 Å². The van der Waals surface area contributed by atoms with Gasteiger partial charge in [-0.15, -0.1) is 0 Å². The van der Waals surface area contributed by atoms with Crippen molar-refractivity contribution >= 4 is 21.8 Å². The molecule has 0 saturated heterocycles. The molecule has 0 N–H and O–H groups in total. The van der Waals surface area contributed by atoms with Crippen molar-refractivity contribution in [2.45, 2.75) is 26.2 Å². The summed E-state index contributed by atoms with van der Waals surface area (Å²) in [6, 6.07) is 10.7. The lowest BCUT2D eigenvalue weighted by molar-refractivity contribution is 0.778. The lowest BCUT2D eigenvalue weighted by Gasteiger charge is -1.99.